The van der Waals surface area contributed by atoms with Gasteiger partial charge in [-0.05, 0) is 25.0 Å². The number of carbonyl (C=O) groups is 1. The van der Waals surface area contributed by atoms with Gasteiger partial charge in [-0.1, -0.05) is 32.0 Å². The second-order valence-electron chi connectivity index (χ2n) is 7.13. The second kappa shape index (κ2) is 7.11. The van der Waals surface area contributed by atoms with Gasteiger partial charge in [0.25, 0.3) is 0 Å². The Labute approximate surface area is 145 Å². The van der Waals surface area contributed by atoms with Gasteiger partial charge >= 0.3 is 0 Å². The third kappa shape index (κ3) is 3.15. The predicted molar refractivity (Wildman–Crippen MR) is 95.1 cm³/mol. The van der Waals surface area contributed by atoms with Crippen LogP contribution in [-0.4, -0.2) is 49.8 Å². The molecule has 24 heavy (non-hydrogen) atoms. The van der Waals surface area contributed by atoms with E-state index in [-0.39, 0.29) is 17.4 Å². The largest absolute Gasteiger partial charge is 0.496 e. The van der Waals surface area contributed by atoms with Crippen molar-refractivity contribution in [2.75, 3.05) is 27.3 Å². The summed E-state index contributed by atoms with van der Waals surface area (Å²) in [4.78, 5) is 14.6. The fourth-order valence-corrected chi connectivity index (χ4v) is 3.44. The minimum Gasteiger partial charge on any atom is -0.496 e. The van der Waals surface area contributed by atoms with Crippen LogP contribution >= 0.6 is 0 Å². The molecule has 1 aliphatic rings. The van der Waals surface area contributed by atoms with Crippen molar-refractivity contribution in [1.29, 1.82) is 0 Å². The molecule has 5 heteroatoms. The molecule has 0 aliphatic heterocycles. The first-order chi connectivity index (χ1) is 11.3. The average Bonchev–Trinajstić information content (AvgIpc) is 2.58. The number of benzene rings is 1. The highest BCUT2D eigenvalue weighted by atomic mass is 16.5. The maximum atomic E-state index is 12.9. The minimum atomic E-state index is -0.859. The van der Waals surface area contributed by atoms with Crippen molar-refractivity contribution in [2.45, 2.75) is 45.3 Å². The summed E-state index contributed by atoms with van der Waals surface area (Å²) in [7, 11) is 3.48. The van der Waals surface area contributed by atoms with E-state index in [2.05, 4.69) is 0 Å². The van der Waals surface area contributed by atoms with E-state index in [9.17, 15) is 4.79 Å². The van der Waals surface area contributed by atoms with E-state index >= 15 is 0 Å². The Balaban J connectivity index is 2.00. The van der Waals surface area contributed by atoms with Gasteiger partial charge < -0.3 is 20.1 Å². The van der Waals surface area contributed by atoms with Crippen molar-refractivity contribution in [3.8, 4) is 5.75 Å². The average molecular weight is 334 g/mol. The number of carbonyl (C=O) groups excluding carboxylic acids is 1. The molecule has 0 saturated heterocycles. The summed E-state index contributed by atoms with van der Waals surface area (Å²) in [6.07, 6.45) is 1.35. The molecule has 2 N–H and O–H groups in total. The number of hydrogen-bond acceptors (Lipinski definition) is 4. The van der Waals surface area contributed by atoms with Gasteiger partial charge in [0.15, 0.2) is 0 Å². The summed E-state index contributed by atoms with van der Waals surface area (Å²) in [5.74, 6) is 0.833. The van der Waals surface area contributed by atoms with Crippen molar-refractivity contribution in [2.24, 2.45) is 11.1 Å². The van der Waals surface area contributed by atoms with Crippen LogP contribution in [0.3, 0.4) is 0 Å². The van der Waals surface area contributed by atoms with Crippen LogP contribution in [0.2, 0.25) is 0 Å². The first-order valence-corrected chi connectivity index (χ1v) is 8.56. The number of methoxy groups -OCH3 is 1. The van der Waals surface area contributed by atoms with Gasteiger partial charge in [0.05, 0.1) is 13.2 Å². The Morgan fingerprint density at radius 3 is 2.62 bits per heavy atom. The van der Waals surface area contributed by atoms with Gasteiger partial charge in [0.2, 0.25) is 5.91 Å². The number of amides is 1. The number of hydrogen-bond donors (Lipinski definition) is 1. The normalized spacial score (nSPS) is 25.0. The molecule has 0 bridgehead atoms. The lowest BCUT2D eigenvalue weighted by atomic mass is 9.54. The molecule has 1 aromatic rings. The molecule has 1 saturated carbocycles. The second-order valence-corrected chi connectivity index (χ2v) is 7.13. The van der Waals surface area contributed by atoms with E-state index in [1.54, 1.807) is 12.0 Å². The van der Waals surface area contributed by atoms with Crippen molar-refractivity contribution in [1.82, 2.24) is 4.90 Å². The Hall–Kier alpha value is -1.59. The molecule has 0 spiro atoms. The zero-order chi connectivity index (χ0) is 18.0. The van der Waals surface area contributed by atoms with Crippen LogP contribution in [0, 0.1) is 5.41 Å². The number of rotatable bonds is 7. The summed E-state index contributed by atoms with van der Waals surface area (Å²) >= 11 is 0. The first kappa shape index (κ1) is 18.7. The lowest BCUT2D eigenvalue weighted by Gasteiger charge is -2.58. The zero-order valence-corrected chi connectivity index (χ0v) is 15.5. The fraction of sp³-hybridized carbons (Fsp3) is 0.632. The molecule has 0 heterocycles. The van der Waals surface area contributed by atoms with Crippen molar-refractivity contribution >= 4 is 5.91 Å². The smallest absolute Gasteiger partial charge is 0.243 e. The standard InChI is InChI=1S/C19H30N2O3/c1-6-24-16-13-19(20,18(16,2)3)17(22)21(4)12-11-14-9-7-8-10-15(14)23-5/h7-10,16H,6,11-13,20H2,1-5H3. The van der Waals surface area contributed by atoms with Crippen LogP contribution in [0.25, 0.3) is 0 Å². The van der Waals surface area contributed by atoms with E-state index in [1.165, 1.54) is 0 Å². The zero-order valence-electron chi connectivity index (χ0n) is 15.5. The summed E-state index contributed by atoms with van der Waals surface area (Å²) in [6, 6.07) is 7.87. The lowest BCUT2D eigenvalue weighted by Crippen LogP contribution is -2.75. The molecule has 1 amide bonds. The quantitative estimate of drug-likeness (QED) is 0.830. The Bertz CT molecular complexity index is 588. The van der Waals surface area contributed by atoms with Gasteiger partial charge in [0.1, 0.15) is 11.3 Å². The van der Waals surface area contributed by atoms with Crippen LogP contribution in [-0.2, 0) is 16.0 Å². The summed E-state index contributed by atoms with van der Waals surface area (Å²) in [5, 5.41) is 0. The van der Waals surface area contributed by atoms with Crippen molar-refractivity contribution in [3.63, 3.8) is 0 Å². The number of para-hydroxylation sites is 1. The maximum Gasteiger partial charge on any atom is 0.243 e. The van der Waals surface area contributed by atoms with Gasteiger partial charge in [-0.25, -0.2) is 0 Å². The fourth-order valence-electron chi connectivity index (χ4n) is 3.44. The molecule has 0 radical (unpaired) electrons. The van der Waals surface area contributed by atoms with Crippen LogP contribution in [0.1, 0.15) is 32.8 Å². The number of likely N-dealkylation sites (N-methyl/N-ethyl adjacent to an activating group) is 1. The summed E-state index contributed by atoms with van der Waals surface area (Å²) in [6.45, 7) is 7.24. The highest BCUT2D eigenvalue weighted by Gasteiger charge is 2.63. The third-order valence-corrected chi connectivity index (χ3v) is 5.47. The Morgan fingerprint density at radius 2 is 2.04 bits per heavy atom. The van der Waals surface area contributed by atoms with E-state index in [0.717, 1.165) is 17.7 Å². The number of nitrogens with two attached hydrogens (primary N) is 1. The Kier molecular flexibility index (Phi) is 5.56. The van der Waals surface area contributed by atoms with Crippen molar-refractivity contribution < 1.29 is 14.3 Å². The molecule has 1 aromatic carbocycles. The van der Waals surface area contributed by atoms with Gasteiger partial charge in [0, 0.05) is 32.0 Å². The molecule has 134 valence electrons. The molecule has 0 aromatic heterocycles. The van der Waals surface area contributed by atoms with Gasteiger partial charge in [-0.3, -0.25) is 4.79 Å². The summed E-state index contributed by atoms with van der Waals surface area (Å²) < 4.78 is 11.1. The van der Waals surface area contributed by atoms with E-state index in [1.807, 2.05) is 52.1 Å². The molecular formula is C19H30N2O3. The topological polar surface area (TPSA) is 64.8 Å². The number of ether oxygens (including phenoxy) is 2. The monoisotopic (exact) mass is 334 g/mol. The minimum absolute atomic E-state index is 0.0154. The molecule has 5 nitrogen and oxygen atoms in total. The first-order valence-electron chi connectivity index (χ1n) is 8.56. The third-order valence-electron chi connectivity index (χ3n) is 5.47. The van der Waals surface area contributed by atoms with E-state index in [0.29, 0.717) is 19.6 Å². The van der Waals surface area contributed by atoms with Crippen molar-refractivity contribution in [3.05, 3.63) is 29.8 Å². The van der Waals surface area contributed by atoms with Crippen LogP contribution in [0.4, 0.5) is 0 Å². The highest BCUT2D eigenvalue weighted by Crippen LogP contribution is 2.50. The van der Waals surface area contributed by atoms with Crippen LogP contribution in [0.15, 0.2) is 24.3 Å². The Morgan fingerprint density at radius 1 is 1.38 bits per heavy atom. The van der Waals surface area contributed by atoms with E-state index in [4.69, 9.17) is 15.2 Å². The lowest BCUT2D eigenvalue weighted by molar-refractivity contribution is -0.178. The summed E-state index contributed by atoms with van der Waals surface area (Å²) in [5.41, 5.74) is 6.34. The predicted octanol–water partition coefficient (Wildman–Crippen LogP) is 2.23. The van der Waals surface area contributed by atoms with E-state index < -0.39 is 5.54 Å². The molecule has 1 aliphatic carbocycles. The molecule has 1 fully saturated rings. The molecule has 2 atom stereocenters. The van der Waals surface area contributed by atoms with Crippen LogP contribution < -0.4 is 10.5 Å². The molecular weight excluding hydrogens is 304 g/mol. The molecule has 2 rings (SSSR count). The number of nitrogens with zero attached hydrogens (tertiary/aromatic N) is 1. The maximum absolute atomic E-state index is 12.9. The van der Waals surface area contributed by atoms with Crippen LogP contribution in [0.5, 0.6) is 5.75 Å². The highest BCUT2D eigenvalue weighted by molar-refractivity contribution is 5.88. The molecule has 2 unspecified atom stereocenters. The van der Waals surface area contributed by atoms with Gasteiger partial charge in [-0.15, -0.1) is 0 Å². The van der Waals surface area contributed by atoms with Gasteiger partial charge in [-0.2, -0.15) is 0 Å². The SMILES string of the molecule is CCOC1CC(N)(C(=O)N(C)CCc2ccccc2OC)C1(C)C.